The van der Waals surface area contributed by atoms with Crippen molar-refractivity contribution >= 4 is 0 Å². The zero-order chi connectivity index (χ0) is 11.0. The van der Waals surface area contributed by atoms with Gasteiger partial charge in [-0.05, 0) is 44.3 Å². The normalized spacial score (nSPS) is 12.1. The summed E-state index contributed by atoms with van der Waals surface area (Å²) in [4.78, 5) is 0. The SMILES string of the molecule is CCCCC(=C=C(C)C)CC(O)CC. The Balaban J connectivity index is 4.34. The fraction of sp³-hybridized carbons (Fsp3) is 0.769. The number of aliphatic hydroxyl groups excluding tert-OH is 1. The molecule has 0 bridgehead atoms. The number of rotatable bonds is 6. The fourth-order valence-corrected chi connectivity index (χ4v) is 1.39. The fourth-order valence-electron chi connectivity index (χ4n) is 1.39. The van der Waals surface area contributed by atoms with E-state index in [0.717, 1.165) is 19.3 Å². The maximum Gasteiger partial charge on any atom is 0.0580 e. The van der Waals surface area contributed by atoms with Crippen molar-refractivity contribution in [1.29, 1.82) is 0 Å². The van der Waals surface area contributed by atoms with Crippen LogP contribution in [0.5, 0.6) is 0 Å². The van der Waals surface area contributed by atoms with Crippen LogP contribution in [0, 0.1) is 0 Å². The van der Waals surface area contributed by atoms with Crippen molar-refractivity contribution in [2.75, 3.05) is 0 Å². The van der Waals surface area contributed by atoms with Gasteiger partial charge in [-0.1, -0.05) is 20.3 Å². The van der Waals surface area contributed by atoms with E-state index in [0.29, 0.717) is 0 Å². The average molecular weight is 196 g/mol. The van der Waals surface area contributed by atoms with Gasteiger partial charge in [0.15, 0.2) is 0 Å². The summed E-state index contributed by atoms with van der Waals surface area (Å²) in [5.74, 6) is 0. The minimum Gasteiger partial charge on any atom is -0.393 e. The first-order valence-electron chi connectivity index (χ1n) is 5.70. The molecule has 0 radical (unpaired) electrons. The zero-order valence-corrected chi connectivity index (χ0v) is 10.1. The Kier molecular flexibility index (Phi) is 7.55. The second-order valence-electron chi connectivity index (χ2n) is 4.10. The Hall–Kier alpha value is -0.520. The van der Waals surface area contributed by atoms with Crippen LogP contribution in [0.25, 0.3) is 0 Å². The van der Waals surface area contributed by atoms with Crippen molar-refractivity contribution in [3.05, 3.63) is 16.9 Å². The van der Waals surface area contributed by atoms with Crippen molar-refractivity contribution in [2.45, 2.75) is 65.9 Å². The number of unbranched alkanes of at least 4 members (excludes halogenated alkanes) is 1. The van der Waals surface area contributed by atoms with Crippen LogP contribution in [0.15, 0.2) is 16.9 Å². The molecule has 1 unspecified atom stereocenters. The lowest BCUT2D eigenvalue weighted by Crippen LogP contribution is -2.05. The molecule has 82 valence electrons. The highest BCUT2D eigenvalue weighted by molar-refractivity contribution is 5.07. The lowest BCUT2D eigenvalue weighted by atomic mass is 10.0. The molecule has 0 amide bonds. The highest BCUT2D eigenvalue weighted by Gasteiger charge is 2.04. The van der Waals surface area contributed by atoms with Crippen LogP contribution in [0.2, 0.25) is 0 Å². The molecule has 0 aliphatic heterocycles. The van der Waals surface area contributed by atoms with E-state index in [1.54, 1.807) is 0 Å². The Morgan fingerprint density at radius 2 is 1.93 bits per heavy atom. The highest BCUT2D eigenvalue weighted by Crippen LogP contribution is 2.14. The lowest BCUT2D eigenvalue weighted by molar-refractivity contribution is 0.169. The van der Waals surface area contributed by atoms with E-state index >= 15 is 0 Å². The van der Waals surface area contributed by atoms with Gasteiger partial charge < -0.3 is 5.11 Å². The van der Waals surface area contributed by atoms with Crippen LogP contribution in [0.1, 0.15) is 59.8 Å². The first-order chi connectivity index (χ1) is 6.60. The molecule has 1 heteroatoms. The first-order valence-corrected chi connectivity index (χ1v) is 5.70. The molecule has 0 aromatic heterocycles. The van der Waals surface area contributed by atoms with E-state index < -0.39 is 0 Å². The van der Waals surface area contributed by atoms with Crippen molar-refractivity contribution in [1.82, 2.24) is 0 Å². The summed E-state index contributed by atoms with van der Waals surface area (Å²) >= 11 is 0. The van der Waals surface area contributed by atoms with Gasteiger partial charge in [-0.2, -0.15) is 0 Å². The summed E-state index contributed by atoms with van der Waals surface area (Å²) < 4.78 is 0. The van der Waals surface area contributed by atoms with Gasteiger partial charge in [0.05, 0.1) is 6.10 Å². The summed E-state index contributed by atoms with van der Waals surface area (Å²) in [6, 6.07) is 0. The Bertz CT molecular complexity index is 205. The first kappa shape index (κ1) is 13.5. The van der Waals surface area contributed by atoms with Gasteiger partial charge in [0, 0.05) is 6.42 Å². The highest BCUT2D eigenvalue weighted by atomic mass is 16.3. The predicted molar refractivity (Wildman–Crippen MR) is 62.3 cm³/mol. The number of hydrogen-bond donors (Lipinski definition) is 1. The van der Waals surface area contributed by atoms with Gasteiger partial charge in [0.25, 0.3) is 0 Å². The van der Waals surface area contributed by atoms with Crippen LogP contribution in [0.4, 0.5) is 0 Å². The van der Waals surface area contributed by atoms with Crippen LogP contribution in [-0.4, -0.2) is 11.2 Å². The third-order valence-corrected chi connectivity index (χ3v) is 2.21. The molecule has 14 heavy (non-hydrogen) atoms. The topological polar surface area (TPSA) is 20.2 Å². The summed E-state index contributed by atoms with van der Waals surface area (Å²) in [6.45, 7) is 8.33. The smallest absolute Gasteiger partial charge is 0.0580 e. The summed E-state index contributed by atoms with van der Waals surface area (Å²) in [5.41, 5.74) is 5.84. The van der Waals surface area contributed by atoms with E-state index in [4.69, 9.17) is 0 Å². The monoisotopic (exact) mass is 196 g/mol. The van der Waals surface area contributed by atoms with Gasteiger partial charge in [0.2, 0.25) is 0 Å². The van der Waals surface area contributed by atoms with Gasteiger partial charge in [-0.25, -0.2) is 0 Å². The van der Waals surface area contributed by atoms with Gasteiger partial charge >= 0.3 is 0 Å². The molecule has 1 nitrogen and oxygen atoms in total. The van der Waals surface area contributed by atoms with Gasteiger partial charge in [-0.3, -0.25) is 0 Å². The molecule has 0 aliphatic carbocycles. The van der Waals surface area contributed by atoms with Crippen LogP contribution >= 0.6 is 0 Å². The molecule has 0 aromatic carbocycles. The Morgan fingerprint density at radius 1 is 1.29 bits per heavy atom. The summed E-state index contributed by atoms with van der Waals surface area (Å²) in [5, 5.41) is 9.57. The van der Waals surface area contributed by atoms with Crippen LogP contribution < -0.4 is 0 Å². The van der Waals surface area contributed by atoms with Gasteiger partial charge in [-0.15, -0.1) is 5.73 Å². The minimum absolute atomic E-state index is 0.186. The quantitative estimate of drug-likeness (QED) is 0.640. The predicted octanol–water partition coefficient (Wildman–Crippen LogP) is 3.83. The van der Waals surface area contributed by atoms with E-state index in [2.05, 4.69) is 26.5 Å². The van der Waals surface area contributed by atoms with Crippen molar-refractivity contribution in [3.8, 4) is 0 Å². The minimum atomic E-state index is -0.186. The second kappa shape index (κ2) is 7.84. The average Bonchev–Trinajstić information content (AvgIpc) is 2.13. The summed E-state index contributed by atoms with van der Waals surface area (Å²) in [6.07, 6.45) is 4.93. The molecule has 0 fully saturated rings. The number of aliphatic hydroxyl groups is 1. The molecule has 0 rings (SSSR count). The maximum absolute atomic E-state index is 9.57. The number of hydrogen-bond acceptors (Lipinski definition) is 1. The van der Waals surface area contributed by atoms with Crippen molar-refractivity contribution in [2.24, 2.45) is 0 Å². The molecule has 0 spiro atoms. The lowest BCUT2D eigenvalue weighted by Gasteiger charge is -2.09. The molecule has 1 N–H and O–H groups in total. The summed E-state index contributed by atoms with van der Waals surface area (Å²) in [7, 11) is 0. The van der Waals surface area contributed by atoms with Crippen molar-refractivity contribution in [3.63, 3.8) is 0 Å². The Labute approximate surface area is 88.5 Å². The van der Waals surface area contributed by atoms with Crippen LogP contribution in [0.3, 0.4) is 0 Å². The molecule has 0 saturated heterocycles. The van der Waals surface area contributed by atoms with E-state index in [9.17, 15) is 5.11 Å². The standard InChI is InChI=1S/C13H24O/c1-5-7-8-12(9-11(3)4)10-13(14)6-2/h13-14H,5-8,10H2,1-4H3. The molecule has 0 aromatic rings. The third kappa shape index (κ3) is 6.94. The van der Waals surface area contributed by atoms with E-state index in [-0.39, 0.29) is 6.10 Å². The molecule has 1 atom stereocenters. The maximum atomic E-state index is 9.57. The Morgan fingerprint density at radius 3 is 2.36 bits per heavy atom. The molecule has 0 saturated carbocycles. The molecule has 0 aliphatic rings. The molecular formula is C13H24O. The van der Waals surface area contributed by atoms with Gasteiger partial charge in [0.1, 0.15) is 0 Å². The second-order valence-corrected chi connectivity index (χ2v) is 4.10. The molecule has 0 heterocycles. The van der Waals surface area contributed by atoms with Crippen molar-refractivity contribution < 1.29 is 5.11 Å². The van der Waals surface area contributed by atoms with Crippen LogP contribution in [-0.2, 0) is 0 Å². The van der Waals surface area contributed by atoms with E-state index in [1.807, 2.05) is 6.92 Å². The molecular weight excluding hydrogens is 172 g/mol. The largest absolute Gasteiger partial charge is 0.393 e. The third-order valence-electron chi connectivity index (χ3n) is 2.21. The van der Waals surface area contributed by atoms with E-state index in [1.165, 1.54) is 24.0 Å². The zero-order valence-electron chi connectivity index (χ0n) is 10.1.